The van der Waals surface area contributed by atoms with E-state index in [-0.39, 0.29) is 11.9 Å². The number of aromatic nitrogens is 2. The van der Waals surface area contributed by atoms with Crippen molar-refractivity contribution in [3.8, 4) is 11.5 Å². The summed E-state index contributed by atoms with van der Waals surface area (Å²) in [4.78, 5) is 18.8. The van der Waals surface area contributed by atoms with Crippen LogP contribution in [0.5, 0.6) is 11.5 Å². The minimum absolute atomic E-state index is 0.113. The number of hydrogen-bond acceptors (Lipinski definition) is 5. The Morgan fingerprint density at radius 1 is 1.03 bits per heavy atom. The molecule has 1 unspecified atom stereocenters. The maximum atomic E-state index is 13.2. The van der Waals surface area contributed by atoms with Crippen molar-refractivity contribution in [3.63, 3.8) is 0 Å². The number of carbonyl (C=O) groups excluding carboxylic acids is 1. The van der Waals surface area contributed by atoms with Gasteiger partial charge in [-0.15, -0.1) is 11.8 Å². The average molecular weight is 476 g/mol. The van der Waals surface area contributed by atoms with Crippen LogP contribution in [0.4, 0.5) is 0 Å². The molecule has 0 aliphatic carbocycles. The zero-order chi connectivity index (χ0) is 23.9. The molecule has 6 nitrogen and oxygen atoms in total. The van der Waals surface area contributed by atoms with Crippen molar-refractivity contribution in [2.75, 3.05) is 13.2 Å². The Hall–Kier alpha value is -3.45. The summed E-state index contributed by atoms with van der Waals surface area (Å²) in [6.07, 6.45) is 4.01. The number of fused-ring (bicyclic) bond motifs is 1. The molecule has 2 aromatic heterocycles. The molecular weight excluding hydrogens is 446 g/mol. The minimum Gasteiger partial charge on any atom is -0.490 e. The van der Waals surface area contributed by atoms with E-state index in [4.69, 9.17) is 9.47 Å². The van der Waals surface area contributed by atoms with Crippen LogP contribution in [-0.2, 0) is 5.75 Å². The van der Waals surface area contributed by atoms with Gasteiger partial charge in [0.15, 0.2) is 11.5 Å². The van der Waals surface area contributed by atoms with E-state index in [0.29, 0.717) is 36.0 Å². The number of pyridine rings is 1. The number of rotatable bonds is 10. The van der Waals surface area contributed by atoms with Crippen LogP contribution in [0, 0.1) is 0 Å². The zero-order valence-corrected chi connectivity index (χ0v) is 20.5. The second kappa shape index (κ2) is 11.1. The van der Waals surface area contributed by atoms with Crippen molar-refractivity contribution >= 4 is 23.3 Å². The summed E-state index contributed by atoms with van der Waals surface area (Å²) in [5.74, 6) is 1.96. The maximum Gasteiger partial charge on any atom is 0.252 e. The Balaban J connectivity index is 1.46. The predicted molar refractivity (Wildman–Crippen MR) is 136 cm³/mol. The summed E-state index contributed by atoms with van der Waals surface area (Å²) >= 11 is 1.61. The lowest BCUT2D eigenvalue weighted by Gasteiger charge is -2.18. The number of nitrogens with zero attached hydrogens (tertiary/aromatic N) is 2. The fraction of sp³-hybridized carbons (Fsp3) is 0.259. The van der Waals surface area contributed by atoms with Gasteiger partial charge in [0.25, 0.3) is 5.91 Å². The first kappa shape index (κ1) is 23.7. The highest BCUT2D eigenvalue weighted by atomic mass is 32.2. The Morgan fingerprint density at radius 3 is 2.59 bits per heavy atom. The van der Waals surface area contributed by atoms with E-state index in [1.165, 1.54) is 0 Å². The SMILES string of the molecule is CCOc1ccc(C(C)NC(=O)c2ccccc2SCc2cn3ccccc3n2)cc1OCC. The van der Waals surface area contributed by atoms with Crippen molar-refractivity contribution in [2.24, 2.45) is 0 Å². The van der Waals surface area contributed by atoms with Gasteiger partial charge in [-0.2, -0.15) is 0 Å². The number of thioether (sulfide) groups is 1. The molecule has 0 saturated carbocycles. The molecule has 0 fully saturated rings. The molecule has 1 N–H and O–H groups in total. The molecule has 1 atom stereocenters. The third kappa shape index (κ3) is 5.54. The summed E-state index contributed by atoms with van der Waals surface area (Å²) in [6.45, 7) is 6.96. The molecule has 0 aliphatic heterocycles. The van der Waals surface area contributed by atoms with Gasteiger partial charge in [0.1, 0.15) is 5.65 Å². The van der Waals surface area contributed by atoms with E-state index in [1.54, 1.807) is 11.8 Å². The highest BCUT2D eigenvalue weighted by molar-refractivity contribution is 7.98. The lowest BCUT2D eigenvalue weighted by molar-refractivity contribution is 0.0937. The van der Waals surface area contributed by atoms with Crippen molar-refractivity contribution in [1.29, 1.82) is 0 Å². The van der Waals surface area contributed by atoms with Crippen LogP contribution < -0.4 is 14.8 Å². The zero-order valence-electron chi connectivity index (χ0n) is 19.7. The van der Waals surface area contributed by atoms with Crippen LogP contribution in [0.2, 0.25) is 0 Å². The molecule has 0 radical (unpaired) electrons. The largest absolute Gasteiger partial charge is 0.490 e. The molecule has 4 rings (SSSR count). The van der Waals surface area contributed by atoms with Gasteiger partial charge in [-0.05, 0) is 62.7 Å². The van der Waals surface area contributed by atoms with Crippen molar-refractivity contribution < 1.29 is 14.3 Å². The highest BCUT2D eigenvalue weighted by Crippen LogP contribution is 2.31. The number of nitrogens with one attached hydrogen (secondary N) is 1. The number of amides is 1. The quantitative estimate of drug-likeness (QED) is 0.289. The molecule has 4 aromatic rings. The van der Waals surface area contributed by atoms with E-state index < -0.39 is 0 Å². The molecule has 2 heterocycles. The van der Waals surface area contributed by atoms with Crippen LogP contribution >= 0.6 is 11.8 Å². The van der Waals surface area contributed by atoms with Crippen LogP contribution in [0.3, 0.4) is 0 Å². The molecule has 0 saturated heterocycles. The maximum absolute atomic E-state index is 13.2. The number of benzene rings is 2. The van der Waals surface area contributed by atoms with Gasteiger partial charge in [-0.3, -0.25) is 4.79 Å². The first-order valence-electron chi connectivity index (χ1n) is 11.4. The summed E-state index contributed by atoms with van der Waals surface area (Å²) < 4.78 is 13.4. The van der Waals surface area contributed by atoms with Gasteiger partial charge >= 0.3 is 0 Å². The fourth-order valence-corrected chi connectivity index (χ4v) is 4.62. The first-order chi connectivity index (χ1) is 16.6. The Kier molecular flexibility index (Phi) is 7.75. The fourth-order valence-electron chi connectivity index (χ4n) is 3.68. The van der Waals surface area contributed by atoms with Crippen LogP contribution in [0.1, 0.15) is 48.4 Å². The molecule has 2 aromatic carbocycles. The third-order valence-electron chi connectivity index (χ3n) is 5.34. The van der Waals surface area contributed by atoms with Crippen LogP contribution in [-0.4, -0.2) is 28.5 Å². The van der Waals surface area contributed by atoms with Gasteiger partial charge in [0, 0.05) is 23.0 Å². The van der Waals surface area contributed by atoms with Gasteiger partial charge in [-0.1, -0.05) is 24.3 Å². The number of hydrogen-bond donors (Lipinski definition) is 1. The predicted octanol–water partition coefficient (Wildman–Crippen LogP) is 5.92. The second-order valence-electron chi connectivity index (χ2n) is 7.75. The normalized spacial score (nSPS) is 11.9. The van der Waals surface area contributed by atoms with Crippen molar-refractivity contribution in [3.05, 3.63) is 89.9 Å². The summed E-state index contributed by atoms with van der Waals surface area (Å²) in [7, 11) is 0. The van der Waals surface area contributed by atoms with E-state index >= 15 is 0 Å². The van der Waals surface area contributed by atoms with Gasteiger partial charge in [-0.25, -0.2) is 4.98 Å². The summed E-state index contributed by atoms with van der Waals surface area (Å²) in [6, 6.07) is 19.2. The molecule has 0 aliphatic rings. The highest BCUT2D eigenvalue weighted by Gasteiger charge is 2.17. The minimum atomic E-state index is -0.195. The molecule has 7 heteroatoms. The summed E-state index contributed by atoms with van der Waals surface area (Å²) in [5, 5.41) is 3.12. The summed E-state index contributed by atoms with van der Waals surface area (Å²) in [5.41, 5.74) is 3.49. The number of carbonyl (C=O) groups is 1. The second-order valence-corrected chi connectivity index (χ2v) is 8.77. The van der Waals surface area contributed by atoms with Crippen LogP contribution in [0.15, 0.2) is 78.0 Å². The third-order valence-corrected chi connectivity index (χ3v) is 6.44. The topological polar surface area (TPSA) is 64.9 Å². The molecule has 0 spiro atoms. The number of imidazole rings is 1. The Labute approximate surface area is 204 Å². The molecule has 34 heavy (non-hydrogen) atoms. The number of ether oxygens (including phenoxy) is 2. The average Bonchev–Trinajstić information content (AvgIpc) is 3.27. The van der Waals surface area contributed by atoms with E-state index in [0.717, 1.165) is 21.8 Å². The van der Waals surface area contributed by atoms with Crippen LogP contribution in [0.25, 0.3) is 5.65 Å². The van der Waals surface area contributed by atoms with Gasteiger partial charge < -0.3 is 19.2 Å². The van der Waals surface area contributed by atoms with Gasteiger partial charge in [0.05, 0.1) is 30.5 Å². The monoisotopic (exact) mass is 475 g/mol. The van der Waals surface area contributed by atoms with Crippen molar-refractivity contribution in [2.45, 2.75) is 37.5 Å². The Bertz CT molecular complexity index is 1240. The molecular formula is C27H29N3O3S. The van der Waals surface area contributed by atoms with E-state index in [2.05, 4.69) is 10.3 Å². The standard InChI is InChI=1S/C27H29N3O3S/c1-4-32-23-14-13-20(16-24(23)33-5-2)19(3)28-27(31)22-10-6-7-11-25(22)34-18-21-17-30-15-9-8-12-26(30)29-21/h6-17,19H,4-5,18H2,1-3H3,(H,28,31). The van der Waals surface area contributed by atoms with E-state index in [1.807, 2.05) is 98.2 Å². The lowest BCUT2D eigenvalue weighted by Crippen LogP contribution is -2.27. The van der Waals surface area contributed by atoms with Gasteiger partial charge in [0.2, 0.25) is 0 Å². The molecule has 176 valence electrons. The molecule has 1 amide bonds. The molecule has 0 bridgehead atoms. The Morgan fingerprint density at radius 2 is 1.79 bits per heavy atom. The first-order valence-corrected chi connectivity index (χ1v) is 12.4. The lowest BCUT2D eigenvalue weighted by atomic mass is 10.1. The van der Waals surface area contributed by atoms with Crippen molar-refractivity contribution in [1.82, 2.24) is 14.7 Å². The smallest absolute Gasteiger partial charge is 0.252 e. The van der Waals surface area contributed by atoms with E-state index in [9.17, 15) is 4.79 Å².